The average molecular weight is 185 g/mol. The molecule has 0 atom stereocenters. The lowest BCUT2D eigenvalue weighted by molar-refractivity contribution is 0.756. The van der Waals surface area contributed by atoms with Crippen LogP contribution >= 0.6 is 24.8 Å². The number of halogens is 2. The molecule has 10 heavy (non-hydrogen) atoms. The molecule has 0 aromatic heterocycles. The molecule has 0 rings (SSSR count). The van der Waals surface area contributed by atoms with Crippen molar-refractivity contribution in [2.24, 2.45) is 5.92 Å². The van der Waals surface area contributed by atoms with Crippen LogP contribution in [-0.4, -0.2) is 0 Å². The first kappa shape index (κ1) is 16.7. The van der Waals surface area contributed by atoms with Crippen LogP contribution in [0, 0.1) is 5.92 Å². The SMILES string of the molecule is CC(C)=C(C)C(C)C.Cl.Cl. The van der Waals surface area contributed by atoms with E-state index in [2.05, 4.69) is 34.6 Å². The summed E-state index contributed by atoms with van der Waals surface area (Å²) in [5.41, 5.74) is 2.98. The monoisotopic (exact) mass is 184 g/mol. The van der Waals surface area contributed by atoms with Gasteiger partial charge in [-0.2, -0.15) is 0 Å². The van der Waals surface area contributed by atoms with Gasteiger partial charge in [-0.3, -0.25) is 0 Å². The van der Waals surface area contributed by atoms with Crippen molar-refractivity contribution in [1.29, 1.82) is 0 Å². The number of allylic oxidation sites excluding steroid dienone is 2. The predicted octanol–water partition coefficient (Wildman–Crippen LogP) is 3.84. The van der Waals surface area contributed by atoms with E-state index in [0.29, 0.717) is 0 Å². The van der Waals surface area contributed by atoms with E-state index < -0.39 is 0 Å². The Morgan fingerprint density at radius 3 is 1.20 bits per heavy atom. The van der Waals surface area contributed by atoms with Crippen LogP contribution in [0.3, 0.4) is 0 Å². The lowest BCUT2D eigenvalue weighted by atomic mass is 10.0. The molecule has 0 aromatic carbocycles. The average Bonchev–Trinajstić information content (AvgIpc) is 1.64. The van der Waals surface area contributed by atoms with Crippen LogP contribution in [0.4, 0.5) is 0 Å². The van der Waals surface area contributed by atoms with Gasteiger partial charge in [-0.1, -0.05) is 25.0 Å². The minimum absolute atomic E-state index is 0. The molecule has 0 N–H and O–H groups in total. The fraction of sp³-hybridized carbons (Fsp3) is 0.750. The first-order chi connectivity index (χ1) is 3.55. The van der Waals surface area contributed by atoms with Crippen molar-refractivity contribution < 1.29 is 0 Å². The Labute approximate surface area is 76.9 Å². The molecule has 0 fully saturated rings. The zero-order valence-corrected chi connectivity index (χ0v) is 9.03. The number of rotatable bonds is 1. The van der Waals surface area contributed by atoms with Crippen molar-refractivity contribution in [3.05, 3.63) is 11.1 Å². The molecule has 0 radical (unpaired) electrons. The van der Waals surface area contributed by atoms with Crippen LogP contribution in [-0.2, 0) is 0 Å². The van der Waals surface area contributed by atoms with Gasteiger partial charge < -0.3 is 0 Å². The number of hydrogen-bond donors (Lipinski definition) is 0. The molecule has 2 heteroatoms. The highest BCUT2D eigenvalue weighted by Gasteiger charge is 1.95. The van der Waals surface area contributed by atoms with Gasteiger partial charge in [0.25, 0.3) is 0 Å². The lowest BCUT2D eigenvalue weighted by Crippen LogP contribution is -1.89. The quantitative estimate of drug-likeness (QED) is 0.544. The van der Waals surface area contributed by atoms with Gasteiger partial charge in [0.1, 0.15) is 0 Å². The maximum atomic E-state index is 2.22. The molecule has 0 aromatic rings. The Morgan fingerprint density at radius 2 is 1.20 bits per heavy atom. The second kappa shape index (κ2) is 7.43. The summed E-state index contributed by atoms with van der Waals surface area (Å²) in [5, 5.41) is 0. The van der Waals surface area contributed by atoms with E-state index in [1.807, 2.05) is 0 Å². The Bertz CT molecular complexity index is 99.8. The van der Waals surface area contributed by atoms with Crippen molar-refractivity contribution in [3.63, 3.8) is 0 Å². The molecule has 0 aliphatic carbocycles. The maximum absolute atomic E-state index is 2.22. The third-order valence-corrected chi connectivity index (χ3v) is 1.65. The molecule has 0 nitrogen and oxygen atoms in total. The molecule has 0 aliphatic rings. The summed E-state index contributed by atoms with van der Waals surface area (Å²) in [4.78, 5) is 0. The van der Waals surface area contributed by atoms with Crippen molar-refractivity contribution in [3.8, 4) is 0 Å². The molecule has 0 aliphatic heterocycles. The minimum Gasteiger partial charge on any atom is -0.147 e. The zero-order chi connectivity index (χ0) is 6.73. The molecule has 0 unspecified atom stereocenters. The van der Waals surface area contributed by atoms with E-state index >= 15 is 0 Å². The van der Waals surface area contributed by atoms with Gasteiger partial charge in [-0.05, 0) is 26.7 Å². The molecule has 0 amide bonds. The van der Waals surface area contributed by atoms with Crippen LogP contribution < -0.4 is 0 Å². The van der Waals surface area contributed by atoms with E-state index in [9.17, 15) is 0 Å². The Morgan fingerprint density at radius 1 is 0.900 bits per heavy atom. The molecule has 64 valence electrons. The molecule has 0 bridgehead atoms. The predicted molar refractivity (Wildman–Crippen MR) is 53.4 cm³/mol. The van der Waals surface area contributed by atoms with Crippen molar-refractivity contribution in [2.45, 2.75) is 34.6 Å². The zero-order valence-electron chi connectivity index (χ0n) is 7.39. The maximum Gasteiger partial charge on any atom is -0.0260 e. The Hall–Kier alpha value is 0.320. The lowest BCUT2D eigenvalue weighted by Gasteiger charge is -2.05. The Kier molecular flexibility index (Phi) is 12.4. The van der Waals surface area contributed by atoms with E-state index in [1.54, 1.807) is 0 Å². The van der Waals surface area contributed by atoms with Gasteiger partial charge in [0.15, 0.2) is 0 Å². The van der Waals surface area contributed by atoms with Crippen molar-refractivity contribution in [2.75, 3.05) is 0 Å². The fourth-order valence-corrected chi connectivity index (χ4v) is 0.577. The standard InChI is InChI=1S/C8H16.2ClH/c1-6(2)8(5)7(3)4;;/h6H,1-5H3;2*1H. The molecular formula is C8H18Cl2. The summed E-state index contributed by atoms with van der Waals surface area (Å²) in [6.07, 6.45) is 0. The van der Waals surface area contributed by atoms with Crippen LogP contribution in [0.2, 0.25) is 0 Å². The largest absolute Gasteiger partial charge is 0.147 e. The highest BCUT2D eigenvalue weighted by molar-refractivity contribution is 5.85. The summed E-state index contributed by atoms with van der Waals surface area (Å²) >= 11 is 0. The number of hydrogen-bond acceptors (Lipinski definition) is 0. The smallest absolute Gasteiger partial charge is 0.0260 e. The molecule has 0 saturated heterocycles. The van der Waals surface area contributed by atoms with Crippen LogP contribution in [0.5, 0.6) is 0 Å². The van der Waals surface area contributed by atoms with Gasteiger partial charge in [0, 0.05) is 0 Å². The third-order valence-electron chi connectivity index (χ3n) is 1.65. The van der Waals surface area contributed by atoms with Gasteiger partial charge in [0.2, 0.25) is 0 Å². The summed E-state index contributed by atoms with van der Waals surface area (Å²) in [6.45, 7) is 11.0. The summed E-state index contributed by atoms with van der Waals surface area (Å²) in [6, 6.07) is 0. The summed E-state index contributed by atoms with van der Waals surface area (Å²) < 4.78 is 0. The van der Waals surface area contributed by atoms with E-state index in [-0.39, 0.29) is 24.8 Å². The summed E-state index contributed by atoms with van der Waals surface area (Å²) in [5.74, 6) is 0.722. The third kappa shape index (κ3) is 6.44. The van der Waals surface area contributed by atoms with Crippen molar-refractivity contribution in [1.82, 2.24) is 0 Å². The van der Waals surface area contributed by atoms with E-state index in [0.717, 1.165) is 5.92 Å². The van der Waals surface area contributed by atoms with E-state index in [1.165, 1.54) is 11.1 Å². The summed E-state index contributed by atoms with van der Waals surface area (Å²) in [7, 11) is 0. The van der Waals surface area contributed by atoms with Gasteiger partial charge in [-0.15, -0.1) is 24.8 Å². The normalized spacial score (nSPS) is 7.80. The topological polar surface area (TPSA) is 0 Å². The minimum atomic E-state index is 0. The van der Waals surface area contributed by atoms with Gasteiger partial charge in [0.05, 0.1) is 0 Å². The second-order valence-corrected chi connectivity index (χ2v) is 2.84. The van der Waals surface area contributed by atoms with Crippen LogP contribution in [0.1, 0.15) is 34.6 Å². The second-order valence-electron chi connectivity index (χ2n) is 2.84. The van der Waals surface area contributed by atoms with Gasteiger partial charge in [-0.25, -0.2) is 0 Å². The highest BCUT2D eigenvalue weighted by atomic mass is 35.5. The molecule has 0 spiro atoms. The Balaban J connectivity index is -0.000000245. The first-order valence-electron chi connectivity index (χ1n) is 3.19. The van der Waals surface area contributed by atoms with Gasteiger partial charge >= 0.3 is 0 Å². The van der Waals surface area contributed by atoms with Crippen LogP contribution in [0.15, 0.2) is 11.1 Å². The molecule has 0 heterocycles. The first-order valence-corrected chi connectivity index (χ1v) is 3.19. The fourth-order valence-electron chi connectivity index (χ4n) is 0.577. The van der Waals surface area contributed by atoms with Crippen molar-refractivity contribution >= 4 is 24.8 Å². The molecule has 0 saturated carbocycles. The molecular weight excluding hydrogens is 167 g/mol. The van der Waals surface area contributed by atoms with Crippen LogP contribution in [0.25, 0.3) is 0 Å². The highest BCUT2D eigenvalue weighted by Crippen LogP contribution is 2.11. The van der Waals surface area contributed by atoms with E-state index in [4.69, 9.17) is 0 Å².